The molecule has 1 heterocycles. The fraction of sp³-hybridized carbons (Fsp3) is 0.0909. The van der Waals surface area contributed by atoms with Crippen LogP contribution in [0, 0.1) is 0 Å². The van der Waals surface area contributed by atoms with Crippen LogP contribution in [0.1, 0.15) is 17.2 Å². The first-order valence-electron chi connectivity index (χ1n) is 6.74. The van der Waals surface area contributed by atoms with Crippen LogP contribution in [0.5, 0.6) is 0 Å². The van der Waals surface area contributed by atoms with Gasteiger partial charge in [0.2, 0.25) is 0 Å². The van der Waals surface area contributed by atoms with Gasteiger partial charge in [0.15, 0.2) is 0 Å². The summed E-state index contributed by atoms with van der Waals surface area (Å²) >= 11 is 3.23. The molecule has 0 aliphatic heterocycles. The number of halogens is 1. The normalized spacial score (nSPS) is 15.4. The van der Waals surface area contributed by atoms with E-state index in [0.717, 1.165) is 0 Å². The van der Waals surface area contributed by atoms with Gasteiger partial charge in [0.25, 0.3) is 0 Å². The van der Waals surface area contributed by atoms with Gasteiger partial charge in [-0.3, -0.25) is 0 Å². The third kappa shape index (κ3) is 1.99. The molecule has 0 saturated carbocycles. The number of hydrogen-bond donors (Lipinski definition) is 1. The molecule has 1 aromatic carbocycles. The molecule has 5 heteroatoms. The summed E-state index contributed by atoms with van der Waals surface area (Å²) in [6, 6.07) is 4.45. The van der Waals surface area contributed by atoms with Gasteiger partial charge in [0.05, 0.1) is 19.5 Å². The first-order valence-corrected chi connectivity index (χ1v) is 5.03. The molecule has 0 unspecified atom stereocenters. The van der Waals surface area contributed by atoms with E-state index >= 15 is 0 Å². The number of carbonyl (C=O) groups excluding carboxylic acids is 1. The molecule has 0 aliphatic rings. The highest BCUT2D eigenvalue weighted by Crippen LogP contribution is 2.25. The van der Waals surface area contributed by atoms with E-state index in [0.29, 0.717) is 4.47 Å². The number of H-pyrrole nitrogens is 1. The number of carbonyl (C=O) groups is 1. The van der Waals surface area contributed by atoms with E-state index in [1.54, 1.807) is 6.07 Å². The number of rotatable bonds is 2. The van der Waals surface area contributed by atoms with Crippen molar-refractivity contribution in [3.05, 3.63) is 40.6 Å². The van der Waals surface area contributed by atoms with Crippen molar-refractivity contribution in [2.24, 2.45) is 0 Å². The Labute approximate surface area is 108 Å². The Hall–Kier alpha value is -1.62. The van der Waals surface area contributed by atoms with Gasteiger partial charge in [-0.25, -0.2) is 9.78 Å². The van der Waals surface area contributed by atoms with Crippen molar-refractivity contribution in [3.8, 4) is 11.4 Å². The number of imidazole rings is 1. The van der Waals surface area contributed by atoms with Crippen molar-refractivity contribution in [3.63, 3.8) is 0 Å². The van der Waals surface area contributed by atoms with E-state index in [9.17, 15) is 4.79 Å². The predicted molar refractivity (Wildman–Crippen MR) is 63.1 cm³/mol. The maximum absolute atomic E-state index is 11.9. The predicted octanol–water partition coefficient (Wildman–Crippen LogP) is 2.63. The average molecular weight is 286 g/mol. The molecule has 0 amide bonds. The summed E-state index contributed by atoms with van der Waals surface area (Å²) in [4.78, 5) is 18.3. The van der Waals surface area contributed by atoms with Gasteiger partial charge in [-0.05, 0) is 18.2 Å². The van der Waals surface area contributed by atoms with Crippen molar-refractivity contribution < 1.29 is 16.4 Å². The zero-order valence-corrected chi connectivity index (χ0v) is 9.46. The number of aromatic amines is 1. The van der Waals surface area contributed by atoms with Crippen molar-refractivity contribution in [2.75, 3.05) is 7.04 Å². The lowest BCUT2D eigenvalue weighted by atomic mass is 10.1. The van der Waals surface area contributed by atoms with E-state index < -0.39 is 13.0 Å². The topological polar surface area (TPSA) is 55.0 Å². The minimum atomic E-state index is -2.86. The van der Waals surface area contributed by atoms with Crippen molar-refractivity contribution in [2.45, 2.75) is 0 Å². The standard InChI is InChI=1S/C11H9BrN2O2/c1-16-11(15)8-3-2-7(12)6-9(8)10-13-4-5-14-10/h2-6H,1H3,(H,13,14)/i1D3,4D,5D. The Kier molecular flexibility index (Phi) is 1.74. The summed E-state index contributed by atoms with van der Waals surface area (Å²) in [5.41, 5.74) is 0.216. The monoisotopic (exact) mass is 285 g/mol. The Morgan fingerprint density at radius 1 is 1.69 bits per heavy atom. The van der Waals surface area contributed by atoms with E-state index in [4.69, 9.17) is 6.85 Å². The SMILES string of the molecule is [2H]c1nc(-c2cc(Br)ccc2C(=O)OC([2H])([2H])[2H])[nH]c1[2H]. The second-order valence-corrected chi connectivity index (χ2v) is 3.82. The Morgan fingerprint density at radius 3 is 3.25 bits per heavy atom. The molecule has 16 heavy (non-hydrogen) atoms. The number of esters is 1. The molecule has 2 rings (SSSR count). The Balaban J connectivity index is 2.50. The zero-order valence-electron chi connectivity index (χ0n) is 12.9. The van der Waals surface area contributed by atoms with Crippen LogP contribution < -0.4 is 0 Å². The lowest BCUT2D eigenvalue weighted by Gasteiger charge is -2.05. The fourth-order valence-corrected chi connectivity index (χ4v) is 1.63. The highest BCUT2D eigenvalue weighted by atomic mass is 79.9. The third-order valence-corrected chi connectivity index (χ3v) is 2.45. The highest BCUT2D eigenvalue weighted by Gasteiger charge is 2.14. The molecule has 2 aromatic rings. The summed E-state index contributed by atoms with van der Waals surface area (Å²) in [6.45, 7) is 0. The molecule has 1 N–H and O–H groups in total. The molecule has 0 radical (unpaired) electrons. The summed E-state index contributed by atoms with van der Waals surface area (Å²) < 4.78 is 40.7. The average Bonchev–Trinajstić information content (AvgIpc) is 2.67. The molecule has 0 aliphatic carbocycles. The van der Waals surface area contributed by atoms with Gasteiger partial charge >= 0.3 is 5.97 Å². The Bertz CT molecular complexity index is 679. The van der Waals surface area contributed by atoms with Gasteiger partial charge in [-0.15, -0.1) is 0 Å². The van der Waals surface area contributed by atoms with Crippen LogP contribution in [0.4, 0.5) is 0 Å². The molecule has 1 aromatic heterocycles. The van der Waals surface area contributed by atoms with E-state index in [1.165, 1.54) is 12.1 Å². The third-order valence-electron chi connectivity index (χ3n) is 1.95. The summed E-state index contributed by atoms with van der Waals surface area (Å²) in [6.07, 6.45) is -0.486. The number of benzene rings is 1. The van der Waals surface area contributed by atoms with Crippen LogP contribution in [-0.2, 0) is 4.74 Å². The second kappa shape index (κ2) is 4.49. The number of aromatic nitrogens is 2. The lowest BCUT2D eigenvalue weighted by molar-refractivity contribution is 0.0601. The van der Waals surface area contributed by atoms with Crippen LogP contribution in [0.2, 0.25) is 0 Å². The Morgan fingerprint density at radius 2 is 2.56 bits per heavy atom. The highest BCUT2D eigenvalue weighted by molar-refractivity contribution is 9.10. The molecule has 0 atom stereocenters. The molecule has 0 spiro atoms. The summed E-state index contributed by atoms with van der Waals surface area (Å²) in [5, 5.41) is 0. The smallest absolute Gasteiger partial charge is 0.338 e. The number of nitrogens with zero attached hydrogens (tertiary/aromatic N) is 1. The molecule has 0 bridgehead atoms. The largest absolute Gasteiger partial charge is 0.465 e. The van der Waals surface area contributed by atoms with Crippen molar-refractivity contribution in [1.82, 2.24) is 9.97 Å². The molecule has 82 valence electrons. The lowest BCUT2D eigenvalue weighted by Crippen LogP contribution is -2.04. The first-order chi connectivity index (χ1) is 9.67. The number of methoxy groups -OCH3 is 1. The van der Waals surface area contributed by atoms with Gasteiger partial charge in [-0.1, -0.05) is 15.9 Å². The quantitative estimate of drug-likeness (QED) is 0.863. The number of ether oxygens (including phenoxy) is 1. The summed E-state index contributed by atoms with van der Waals surface area (Å²) in [7, 11) is -2.86. The van der Waals surface area contributed by atoms with E-state index in [2.05, 4.69) is 30.6 Å². The second-order valence-electron chi connectivity index (χ2n) is 2.90. The van der Waals surface area contributed by atoms with Crippen LogP contribution >= 0.6 is 15.9 Å². The van der Waals surface area contributed by atoms with E-state index in [1.807, 2.05) is 0 Å². The van der Waals surface area contributed by atoms with Crippen molar-refractivity contribution in [1.29, 1.82) is 0 Å². The number of nitrogens with one attached hydrogen (secondary N) is 1. The van der Waals surface area contributed by atoms with Crippen LogP contribution in [0.3, 0.4) is 0 Å². The minimum Gasteiger partial charge on any atom is -0.465 e. The molecule has 0 fully saturated rings. The van der Waals surface area contributed by atoms with Crippen LogP contribution in [0.25, 0.3) is 11.4 Å². The van der Waals surface area contributed by atoms with Crippen molar-refractivity contribution >= 4 is 21.9 Å². The van der Waals surface area contributed by atoms with Crippen LogP contribution in [0.15, 0.2) is 35.0 Å². The summed E-state index contributed by atoms with van der Waals surface area (Å²) in [5.74, 6) is -0.921. The molecular formula is C11H9BrN2O2. The fourth-order valence-electron chi connectivity index (χ4n) is 1.27. The van der Waals surface area contributed by atoms with Crippen LogP contribution in [-0.4, -0.2) is 23.0 Å². The van der Waals surface area contributed by atoms with Gasteiger partial charge in [-0.2, -0.15) is 0 Å². The maximum atomic E-state index is 11.9. The zero-order chi connectivity index (χ0) is 15.8. The molecular weight excluding hydrogens is 272 g/mol. The minimum absolute atomic E-state index is 0.0249. The molecule has 4 nitrogen and oxygen atoms in total. The number of hydrogen-bond acceptors (Lipinski definition) is 3. The molecule has 0 saturated heterocycles. The van der Waals surface area contributed by atoms with E-state index in [-0.39, 0.29) is 29.3 Å². The maximum Gasteiger partial charge on any atom is 0.338 e. The van der Waals surface area contributed by atoms with Gasteiger partial charge in [0.1, 0.15) is 5.82 Å². The van der Waals surface area contributed by atoms with Gasteiger partial charge in [0, 0.05) is 22.4 Å². The first kappa shape index (κ1) is 6.20. The van der Waals surface area contributed by atoms with Gasteiger partial charge < -0.3 is 9.72 Å².